The first-order valence-electron chi connectivity index (χ1n) is 8.84. The number of carbonyl (C=O) groups is 1. The van der Waals surface area contributed by atoms with E-state index in [4.69, 9.17) is 0 Å². The molecule has 0 saturated heterocycles. The summed E-state index contributed by atoms with van der Waals surface area (Å²) in [5.74, 6) is 0.600. The highest BCUT2D eigenvalue weighted by atomic mass is 16.1. The maximum absolute atomic E-state index is 12.5. The Kier molecular flexibility index (Phi) is 3.60. The van der Waals surface area contributed by atoms with Crippen LogP contribution in [0.5, 0.6) is 0 Å². The van der Waals surface area contributed by atoms with Crippen LogP contribution in [0.2, 0.25) is 0 Å². The summed E-state index contributed by atoms with van der Waals surface area (Å²) in [5.41, 5.74) is 3.86. The number of rotatable bonds is 3. The zero-order valence-electron chi connectivity index (χ0n) is 14.5. The Balaban J connectivity index is 1.63. The summed E-state index contributed by atoms with van der Waals surface area (Å²) < 4.78 is 3.68. The van der Waals surface area contributed by atoms with Crippen LogP contribution in [-0.2, 0) is 4.79 Å². The fourth-order valence-corrected chi connectivity index (χ4v) is 3.61. The van der Waals surface area contributed by atoms with Gasteiger partial charge in [0.25, 0.3) is 0 Å². The summed E-state index contributed by atoms with van der Waals surface area (Å²) in [6.07, 6.45) is 3.98. The number of nitrogens with zero attached hydrogens (tertiary/aromatic N) is 4. The molecule has 2 aromatic heterocycles. The molecule has 6 heteroatoms. The molecular formula is C21H17N5O. The van der Waals surface area contributed by atoms with Crippen LogP contribution >= 0.6 is 0 Å². The number of nitrogens with one attached hydrogen (secondary N) is 1. The first kappa shape index (κ1) is 15.6. The lowest BCUT2D eigenvalue weighted by atomic mass is 9.91. The fourth-order valence-electron chi connectivity index (χ4n) is 3.61. The third-order valence-electron chi connectivity index (χ3n) is 4.85. The molecule has 0 saturated carbocycles. The average molecular weight is 355 g/mol. The molecule has 1 aliphatic rings. The molecule has 0 unspecified atom stereocenters. The van der Waals surface area contributed by atoms with E-state index in [1.54, 1.807) is 10.9 Å². The monoisotopic (exact) mass is 355 g/mol. The van der Waals surface area contributed by atoms with Gasteiger partial charge in [0.2, 0.25) is 5.91 Å². The van der Waals surface area contributed by atoms with Crippen LogP contribution < -0.4 is 5.32 Å². The van der Waals surface area contributed by atoms with Gasteiger partial charge in [-0.05, 0) is 30.3 Å². The number of aromatic nitrogens is 4. The van der Waals surface area contributed by atoms with Crippen molar-refractivity contribution in [2.75, 3.05) is 5.32 Å². The zero-order valence-corrected chi connectivity index (χ0v) is 14.5. The molecule has 4 aromatic rings. The lowest BCUT2D eigenvalue weighted by Gasteiger charge is -2.24. The van der Waals surface area contributed by atoms with Gasteiger partial charge in [0.05, 0.1) is 23.3 Å². The van der Waals surface area contributed by atoms with Gasteiger partial charge in [0, 0.05) is 24.1 Å². The largest absolute Gasteiger partial charge is 0.310 e. The van der Waals surface area contributed by atoms with Crippen LogP contribution in [0.1, 0.15) is 23.6 Å². The highest BCUT2D eigenvalue weighted by Crippen LogP contribution is 2.38. The molecule has 3 heterocycles. The Morgan fingerprint density at radius 2 is 1.52 bits per heavy atom. The number of hydrogen-bond acceptors (Lipinski definition) is 3. The van der Waals surface area contributed by atoms with Crippen LogP contribution in [-0.4, -0.2) is 25.5 Å². The highest BCUT2D eigenvalue weighted by molar-refractivity contribution is 5.94. The van der Waals surface area contributed by atoms with E-state index in [9.17, 15) is 4.79 Å². The second-order valence-corrected chi connectivity index (χ2v) is 6.50. The maximum atomic E-state index is 12.5. The smallest absolute Gasteiger partial charge is 0.226 e. The number of carbonyl (C=O) groups excluding carboxylic acids is 1. The van der Waals surface area contributed by atoms with Gasteiger partial charge < -0.3 is 5.32 Å². The first-order valence-corrected chi connectivity index (χ1v) is 8.84. The van der Waals surface area contributed by atoms with Gasteiger partial charge in [-0.3, -0.25) is 4.79 Å². The van der Waals surface area contributed by atoms with E-state index < -0.39 is 0 Å². The summed E-state index contributed by atoms with van der Waals surface area (Å²) in [6.45, 7) is 0. The van der Waals surface area contributed by atoms with Gasteiger partial charge in [-0.15, -0.1) is 0 Å². The van der Waals surface area contributed by atoms with E-state index in [0.29, 0.717) is 6.42 Å². The molecule has 0 spiro atoms. The van der Waals surface area contributed by atoms with Crippen molar-refractivity contribution in [2.45, 2.75) is 12.3 Å². The molecule has 0 radical (unpaired) electrons. The number of hydrogen-bond donors (Lipinski definition) is 1. The van der Waals surface area contributed by atoms with E-state index in [2.05, 4.69) is 15.5 Å². The summed E-state index contributed by atoms with van der Waals surface area (Å²) in [4.78, 5) is 12.5. The van der Waals surface area contributed by atoms with Crippen molar-refractivity contribution >= 4 is 11.7 Å². The van der Waals surface area contributed by atoms with Crippen LogP contribution in [0.4, 0.5) is 5.82 Å². The molecule has 1 N–H and O–H groups in total. The van der Waals surface area contributed by atoms with Gasteiger partial charge >= 0.3 is 0 Å². The van der Waals surface area contributed by atoms with Gasteiger partial charge in [-0.1, -0.05) is 36.4 Å². The van der Waals surface area contributed by atoms with Crippen LogP contribution in [0.15, 0.2) is 79.1 Å². The topological polar surface area (TPSA) is 64.7 Å². The highest BCUT2D eigenvalue weighted by Gasteiger charge is 2.32. The Hall–Kier alpha value is -3.67. The number of amides is 1. The summed E-state index contributed by atoms with van der Waals surface area (Å²) in [7, 11) is 0. The molecule has 5 rings (SSSR count). The van der Waals surface area contributed by atoms with Crippen molar-refractivity contribution in [3.05, 3.63) is 90.4 Å². The molecule has 1 atom stereocenters. The quantitative estimate of drug-likeness (QED) is 0.611. The third kappa shape index (κ3) is 2.62. The molecule has 1 amide bonds. The lowest BCUT2D eigenvalue weighted by molar-refractivity contribution is -0.116. The first-order chi connectivity index (χ1) is 13.3. The van der Waals surface area contributed by atoms with E-state index in [-0.39, 0.29) is 11.8 Å². The van der Waals surface area contributed by atoms with E-state index >= 15 is 0 Å². The van der Waals surface area contributed by atoms with Gasteiger partial charge in [0.15, 0.2) is 0 Å². The van der Waals surface area contributed by atoms with Gasteiger partial charge in [-0.25, -0.2) is 9.36 Å². The van der Waals surface area contributed by atoms with Crippen molar-refractivity contribution in [3.8, 4) is 11.4 Å². The Morgan fingerprint density at radius 1 is 0.852 bits per heavy atom. The molecule has 0 fully saturated rings. The predicted molar refractivity (Wildman–Crippen MR) is 102 cm³/mol. The van der Waals surface area contributed by atoms with Crippen molar-refractivity contribution in [3.63, 3.8) is 0 Å². The molecule has 0 bridgehead atoms. The standard InChI is InChI=1S/C21H17N5O/c27-20-13-17(19-11-12-22-25(19)15-7-3-1-4-8-15)18-14-23-26(21(18)24-20)16-9-5-2-6-10-16/h1-12,14,17H,13H2,(H,24,27)/t17-/m0/s1. The molecule has 27 heavy (non-hydrogen) atoms. The number of anilines is 1. The maximum Gasteiger partial charge on any atom is 0.226 e. The second-order valence-electron chi connectivity index (χ2n) is 6.50. The van der Waals surface area contributed by atoms with Crippen LogP contribution in [0.25, 0.3) is 11.4 Å². The van der Waals surface area contributed by atoms with E-state index in [0.717, 1.165) is 28.5 Å². The van der Waals surface area contributed by atoms with Crippen molar-refractivity contribution < 1.29 is 4.79 Å². The zero-order chi connectivity index (χ0) is 18.2. The molecule has 132 valence electrons. The summed E-state index contributed by atoms with van der Waals surface area (Å²) >= 11 is 0. The number of fused-ring (bicyclic) bond motifs is 1. The molecule has 2 aromatic carbocycles. The molecule has 0 aliphatic carbocycles. The lowest BCUT2D eigenvalue weighted by Crippen LogP contribution is -2.25. The van der Waals surface area contributed by atoms with Crippen molar-refractivity contribution in [2.24, 2.45) is 0 Å². The predicted octanol–water partition coefficient (Wildman–Crippen LogP) is 3.53. The second kappa shape index (κ2) is 6.25. The minimum Gasteiger partial charge on any atom is -0.310 e. The minimum absolute atomic E-state index is 0.0222. The molecule has 1 aliphatic heterocycles. The SMILES string of the molecule is O=C1C[C@H](c2ccnn2-c2ccccc2)c2cnn(-c3ccccc3)c2N1. The molecule has 6 nitrogen and oxygen atoms in total. The van der Waals surface area contributed by atoms with Gasteiger partial charge in [0.1, 0.15) is 5.82 Å². The Bertz CT molecular complexity index is 1100. The number of para-hydroxylation sites is 2. The fraction of sp³-hybridized carbons (Fsp3) is 0.0952. The van der Waals surface area contributed by atoms with Crippen LogP contribution in [0.3, 0.4) is 0 Å². The van der Waals surface area contributed by atoms with E-state index in [1.807, 2.05) is 77.6 Å². The Labute approximate surface area is 156 Å². The summed E-state index contributed by atoms with van der Waals surface area (Å²) in [5, 5.41) is 12.0. The average Bonchev–Trinajstić information content (AvgIpc) is 3.36. The van der Waals surface area contributed by atoms with E-state index in [1.165, 1.54) is 0 Å². The molecular weight excluding hydrogens is 338 g/mol. The number of benzene rings is 2. The minimum atomic E-state index is -0.103. The summed E-state index contributed by atoms with van der Waals surface area (Å²) in [6, 6.07) is 21.7. The van der Waals surface area contributed by atoms with Crippen molar-refractivity contribution in [1.82, 2.24) is 19.6 Å². The normalized spacial score (nSPS) is 16.0. The Morgan fingerprint density at radius 3 is 2.22 bits per heavy atom. The van der Waals surface area contributed by atoms with Gasteiger partial charge in [-0.2, -0.15) is 10.2 Å². The van der Waals surface area contributed by atoms with Crippen molar-refractivity contribution in [1.29, 1.82) is 0 Å². The third-order valence-corrected chi connectivity index (χ3v) is 4.85. The van der Waals surface area contributed by atoms with Crippen LogP contribution in [0, 0.1) is 0 Å².